The van der Waals surface area contributed by atoms with Gasteiger partial charge in [-0.1, -0.05) is 0 Å². The maximum atomic E-state index is 12.9. The van der Waals surface area contributed by atoms with Crippen LogP contribution < -0.4 is 5.32 Å². The molecular weight excluding hydrogens is 346 g/mol. The third-order valence-corrected chi connectivity index (χ3v) is 5.14. The topological polar surface area (TPSA) is 63.1 Å². The molecule has 0 spiro atoms. The fourth-order valence-electron chi connectivity index (χ4n) is 3.06. The third-order valence-electron chi connectivity index (χ3n) is 4.44. The number of aromatic nitrogens is 3. The van der Waals surface area contributed by atoms with Gasteiger partial charge in [0.2, 0.25) is 0 Å². The number of nitrogens with zero attached hydrogens (tertiary/aromatic N) is 4. The van der Waals surface area contributed by atoms with Crippen molar-refractivity contribution in [2.24, 2.45) is 0 Å². The number of hydrogen-bond acceptors (Lipinski definition) is 5. The summed E-state index contributed by atoms with van der Waals surface area (Å²) in [7, 11) is 4.05. The highest BCUT2D eigenvalue weighted by molar-refractivity contribution is 7.07. The fraction of sp³-hybridized carbons (Fsp3) is 0.421. The van der Waals surface area contributed by atoms with Crippen LogP contribution in [0.1, 0.15) is 47.5 Å². The Bertz CT molecular complexity index is 898. The van der Waals surface area contributed by atoms with Gasteiger partial charge < -0.3 is 10.2 Å². The number of rotatable bonds is 6. The Labute approximate surface area is 157 Å². The van der Waals surface area contributed by atoms with Gasteiger partial charge in [0.1, 0.15) is 0 Å². The van der Waals surface area contributed by atoms with Gasteiger partial charge in [-0.3, -0.25) is 4.79 Å². The minimum absolute atomic E-state index is 0.0918. The second-order valence-corrected chi connectivity index (χ2v) is 7.76. The molecule has 1 amide bonds. The highest BCUT2D eigenvalue weighted by Crippen LogP contribution is 2.22. The molecule has 1 N–H and O–H groups in total. The van der Waals surface area contributed by atoms with E-state index in [1.54, 1.807) is 17.5 Å². The SMILES string of the molecule is Cc1cc(C(=O)NCC(c2ccsc2)N(C)C)c2cnn(C(C)C)c2n1. The van der Waals surface area contributed by atoms with Crippen molar-refractivity contribution in [2.45, 2.75) is 32.9 Å². The lowest BCUT2D eigenvalue weighted by Crippen LogP contribution is -2.34. The Balaban J connectivity index is 1.86. The lowest BCUT2D eigenvalue weighted by Gasteiger charge is -2.24. The van der Waals surface area contributed by atoms with Gasteiger partial charge in [-0.25, -0.2) is 9.67 Å². The molecule has 3 rings (SSSR count). The van der Waals surface area contributed by atoms with Crippen molar-refractivity contribution in [1.29, 1.82) is 0 Å². The van der Waals surface area contributed by atoms with E-state index in [0.29, 0.717) is 12.1 Å². The summed E-state index contributed by atoms with van der Waals surface area (Å²) in [4.78, 5) is 19.6. The molecule has 0 radical (unpaired) electrons. The van der Waals surface area contributed by atoms with Crippen LogP contribution in [0.4, 0.5) is 0 Å². The molecule has 138 valence electrons. The minimum atomic E-state index is -0.0918. The molecule has 3 aromatic heterocycles. The number of likely N-dealkylation sites (N-methyl/N-ethyl adjacent to an activating group) is 1. The van der Waals surface area contributed by atoms with Crippen molar-refractivity contribution in [3.05, 3.63) is 45.9 Å². The molecule has 0 saturated heterocycles. The summed E-state index contributed by atoms with van der Waals surface area (Å²) in [6.07, 6.45) is 1.74. The molecule has 6 nitrogen and oxygen atoms in total. The van der Waals surface area contributed by atoms with Crippen LogP contribution in [0.25, 0.3) is 11.0 Å². The Morgan fingerprint density at radius 3 is 2.77 bits per heavy atom. The van der Waals surface area contributed by atoms with Crippen molar-refractivity contribution in [2.75, 3.05) is 20.6 Å². The summed E-state index contributed by atoms with van der Waals surface area (Å²) in [5.74, 6) is -0.0918. The molecule has 1 atom stereocenters. The summed E-state index contributed by atoms with van der Waals surface area (Å²) < 4.78 is 1.85. The van der Waals surface area contributed by atoms with Gasteiger partial charge in [0.05, 0.1) is 23.2 Å². The molecule has 26 heavy (non-hydrogen) atoms. The smallest absolute Gasteiger partial charge is 0.252 e. The van der Waals surface area contributed by atoms with E-state index in [1.807, 2.05) is 31.8 Å². The number of amides is 1. The van der Waals surface area contributed by atoms with Gasteiger partial charge in [0.15, 0.2) is 5.65 Å². The van der Waals surface area contributed by atoms with Crippen molar-refractivity contribution >= 4 is 28.3 Å². The van der Waals surface area contributed by atoms with E-state index in [2.05, 4.69) is 51.0 Å². The average molecular weight is 372 g/mol. The molecule has 1 unspecified atom stereocenters. The Kier molecular flexibility index (Phi) is 5.38. The molecule has 3 aromatic rings. The van der Waals surface area contributed by atoms with Crippen LogP contribution in [-0.4, -0.2) is 46.2 Å². The van der Waals surface area contributed by atoms with Crippen LogP contribution in [0, 0.1) is 6.92 Å². The fourth-order valence-corrected chi connectivity index (χ4v) is 3.76. The van der Waals surface area contributed by atoms with Crippen LogP contribution >= 0.6 is 11.3 Å². The van der Waals surface area contributed by atoms with Gasteiger partial charge in [0.25, 0.3) is 5.91 Å². The van der Waals surface area contributed by atoms with Crippen LogP contribution in [0.3, 0.4) is 0 Å². The van der Waals surface area contributed by atoms with Crippen LogP contribution in [0.5, 0.6) is 0 Å². The lowest BCUT2D eigenvalue weighted by atomic mass is 10.1. The molecule has 7 heteroatoms. The zero-order chi connectivity index (χ0) is 18.8. The predicted octanol–water partition coefficient (Wildman–Crippen LogP) is 3.41. The van der Waals surface area contributed by atoms with E-state index >= 15 is 0 Å². The van der Waals surface area contributed by atoms with Gasteiger partial charge in [-0.15, -0.1) is 0 Å². The summed E-state index contributed by atoms with van der Waals surface area (Å²) in [5, 5.41) is 12.5. The first kappa shape index (κ1) is 18.5. The molecule has 3 heterocycles. The first-order valence-corrected chi connectivity index (χ1v) is 9.64. The van der Waals surface area contributed by atoms with Crippen molar-refractivity contribution in [3.63, 3.8) is 0 Å². The normalized spacial score (nSPS) is 12.9. The Hall–Kier alpha value is -2.25. The third kappa shape index (κ3) is 3.64. The molecule has 0 aliphatic rings. The Morgan fingerprint density at radius 2 is 2.15 bits per heavy atom. The van der Waals surface area contributed by atoms with Gasteiger partial charge in [-0.2, -0.15) is 16.4 Å². The monoisotopic (exact) mass is 371 g/mol. The first-order valence-electron chi connectivity index (χ1n) is 8.70. The summed E-state index contributed by atoms with van der Waals surface area (Å²) in [6.45, 7) is 6.56. The van der Waals surface area contributed by atoms with Gasteiger partial charge >= 0.3 is 0 Å². The Morgan fingerprint density at radius 1 is 1.38 bits per heavy atom. The molecule has 0 saturated carbocycles. The van der Waals surface area contributed by atoms with Crippen molar-refractivity contribution < 1.29 is 4.79 Å². The quantitative estimate of drug-likeness (QED) is 0.721. The van der Waals surface area contributed by atoms with Gasteiger partial charge in [0, 0.05) is 18.3 Å². The second-order valence-electron chi connectivity index (χ2n) is 6.98. The van der Waals surface area contributed by atoms with E-state index in [0.717, 1.165) is 16.7 Å². The minimum Gasteiger partial charge on any atom is -0.350 e. The molecule has 0 bridgehead atoms. The number of aryl methyl sites for hydroxylation is 1. The average Bonchev–Trinajstić information content (AvgIpc) is 3.23. The van der Waals surface area contributed by atoms with E-state index in [1.165, 1.54) is 5.56 Å². The molecule has 0 aromatic carbocycles. The van der Waals surface area contributed by atoms with E-state index in [4.69, 9.17) is 0 Å². The van der Waals surface area contributed by atoms with E-state index in [9.17, 15) is 4.79 Å². The largest absolute Gasteiger partial charge is 0.350 e. The number of thiophene rings is 1. The maximum Gasteiger partial charge on any atom is 0.252 e. The van der Waals surface area contributed by atoms with Crippen molar-refractivity contribution in [1.82, 2.24) is 25.0 Å². The zero-order valence-corrected chi connectivity index (χ0v) is 16.7. The highest BCUT2D eigenvalue weighted by atomic mass is 32.1. The summed E-state index contributed by atoms with van der Waals surface area (Å²) in [6, 6.07) is 4.26. The standard InChI is InChI=1S/C19H25N5OS/c1-12(2)24-18-16(9-21-24)15(8-13(3)22-18)19(25)20-10-17(23(4)5)14-6-7-26-11-14/h6-9,11-12,17H,10H2,1-5H3,(H,20,25). The van der Waals surface area contributed by atoms with Gasteiger partial charge in [-0.05, 0) is 63.3 Å². The number of hydrogen-bond donors (Lipinski definition) is 1. The zero-order valence-electron chi connectivity index (χ0n) is 15.9. The molecule has 0 aliphatic heterocycles. The molecule has 0 fully saturated rings. The number of carbonyl (C=O) groups excluding carboxylic acids is 1. The van der Waals surface area contributed by atoms with Crippen LogP contribution in [0.15, 0.2) is 29.1 Å². The predicted molar refractivity (Wildman–Crippen MR) is 106 cm³/mol. The number of carbonyl (C=O) groups is 1. The van der Waals surface area contributed by atoms with E-state index < -0.39 is 0 Å². The van der Waals surface area contributed by atoms with Crippen molar-refractivity contribution in [3.8, 4) is 0 Å². The number of nitrogens with one attached hydrogen (secondary N) is 1. The first-order chi connectivity index (χ1) is 12.4. The van der Waals surface area contributed by atoms with Crippen LogP contribution in [-0.2, 0) is 0 Å². The lowest BCUT2D eigenvalue weighted by molar-refractivity contribution is 0.0943. The van der Waals surface area contributed by atoms with Crippen LogP contribution in [0.2, 0.25) is 0 Å². The summed E-state index contributed by atoms with van der Waals surface area (Å²) >= 11 is 1.67. The number of fused-ring (bicyclic) bond motifs is 1. The highest BCUT2D eigenvalue weighted by Gasteiger charge is 2.19. The second kappa shape index (κ2) is 7.55. The molecular formula is C19H25N5OS. The maximum absolute atomic E-state index is 12.9. The number of pyridine rings is 1. The summed E-state index contributed by atoms with van der Waals surface area (Å²) in [5.41, 5.74) is 3.41. The van der Waals surface area contributed by atoms with E-state index in [-0.39, 0.29) is 18.0 Å². The molecule has 0 aliphatic carbocycles.